The number of likely N-dealkylation sites (tertiary alicyclic amines) is 1. The van der Waals surface area contributed by atoms with Gasteiger partial charge in [-0.3, -0.25) is 0 Å². The topological polar surface area (TPSA) is 41.3 Å². The molecule has 1 fully saturated rings. The maximum Gasteiger partial charge on any atom is 0.104 e. The molecule has 1 aliphatic rings. The third-order valence-corrected chi connectivity index (χ3v) is 4.43. The van der Waals surface area contributed by atoms with E-state index in [4.69, 9.17) is 18.0 Å². The summed E-state index contributed by atoms with van der Waals surface area (Å²) in [5.41, 5.74) is 8.96. The minimum Gasteiger partial charge on any atom is -0.389 e. The van der Waals surface area contributed by atoms with Crippen molar-refractivity contribution in [1.29, 1.82) is 0 Å². The predicted octanol–water partition coefficient (Wildman–Crippen LogP) is 2.77. The fraction of sp³-hybridized carbons (Fsp3) is 0.562. The highest BCUT2D eigenvalue weighted by Gasteiger charge is 2.15. The van der Waals surface area contributed by atoms with E-state index < -0.39 is 0 Å². The average molecular weight is 291 g/mol. The summed E-state index contributed by atoms with van der Waals surface area (Å²) in [6.07, 6.45) is 3.92. The smallest absolute Gasteiger partial charge is 0.104 e. The third-order valence-electron chi connectivity index (χ3n) is 4.21. The van der Waals surface area contributed by atoms with E-state index in [1.54, 1.807) is 0 Å². The van der Waals surface area contributed by atoms with Gasteiger partial charge in [-0.05, 0) is 76.0 Å². The monoisotopic (exact) mass is 291 g/mol. The van der Waals surface area contributed by atoms with Gasteiger partial charge in [0.25, 0.3) is 0 Å². The molecule has 4 heteroatoms. The lowest BCUT2D eigenvalue weighted by molar-refractivity contribution is 0.215. The molecule has 0 radical (unpaired) electrons. The van der Waals surface area contributed by atoms with Crippen LogP contribution in [-0.4, -0.2) is 36.6 Å². The summed E-state index contributed by atoms with van der Waals surface area (Å²) in [6.45, 7) is 5.58. The average Bonchev–Trinajstić information content (AvgIpc) is 2.41. The SMILES string of the molecule is Cc1cc(NCCC2CCN(C)CC2)ccc1C(N)=S. The first-order valence-corrected chi connectivity index (χ1v) is 7.80. The highest BCUT2D eigenvalue weighted by Crippen LogP contribution is 2.20. The molecule has 110 valence electrons. The molecule has 0 bridgehead atoms. The Balaban J connectivity index is 1.79. The molecule has 1 aromatic carbocycles. The lowest BCUT2D eigenvalue weighted by atomic mass is 9.94. The van der Waals surface area contributed by atoms with Gasteiger partial charge in [-0.1, -0.05) is 12.2 Å². The Morgan fingerprint density at radius 3 is 2.70 bits per heavy atom. The summed E-state index contributed by atoms with van der Waals surface area (Å²) in [4.78, 5) is 2.89. The zero-order valence-electron chi connectivity index (χ0n) is 12.5. The van der Waals surface area contributed by atoms with Gasteiger partial charge in [0.05, 0.1) is 0 Å². The van der Waals surface area contributed by atoms with Crippen molar-refractivity contribution >= 4 is 22.9 Å². The second-order valence-electron chi connectivity index (χ2n) is 5.86. The maximum atomic E-state index is 5.68. The van der Waals surface area contributed by atoms with E-state index in [0.717, 1.165) is 29.3 Å². The van der Waals surface area contributed by atoms with Gasteiger partial charge >= 0.3 is 0 Å². The van der Waals surface area contributed by atoms with Crippen LogP contribution >= 0.6 is 12.2 Å². The van der Waals surface area contributed by atoms with Crippen molar-refractivity contribution in [2.24, 2.45) is 11.7 Å². The van der Waals surface area contributed by atoms with E-state index in [0.29, 0.717) is 4.99 Å². The van der Waals surface area contributed by atoms with Crippen LogP contribution in [-0.2, 0) is 0 Å². The number of rotatable bonds is 5. The number of nitrogens with zero attached hydrogens (tertiary/aromatic N) is 1. The molecule has 0 unspecified atom stereocenters. The van der Waals surface area contributed by atoms with Gasteiger partial charge in [0.15, 0.2) is 0 Å². The molecule has 0 aromatic heterocycles. The van der Waals surface area contributed by atoms with Crippen LogP contribution in [0.4, 0.5) is 5.69 Å². The highest BCUT2D eigenvalue weighted by molar-refractivity contribution is 7.80. The number of nitrogens with two attached hydrogens (primary N) is 1. The fourth-order valence-corrected chi connectivity index (χ4v) is 3.05. The molecule has 1 saturated heterocycles. The van der Waals surface area contributed by atoms with Crippen LogP contribution in [0.15, 0.2) is 18.2 Å². The zero-order chi connectivity index (χ0) is 14.5. The summed E-state index contributed by atoms with van der Waals surface area (Å²) in [5, 5.41) is 3.51. The van der Waals surface area contributed by atoms with Crippen LogP contribution in [0, 0.1) is 12.8 Å². The van der Waals surface area contributed by atoms with Crippen LogP contribution < -0.4 is 11.1 Å². The largest absolute Gasteiger partial charge is 0.389 e. The van der Waals surface area contributed by atoms with Crippen molar-refractivity contribution < 1.29 is 0 Å². The zero-order valence-corrected chi connectivity index (χ0v) is 13.3. The highest BCUT2D eigenvalue weighted by atomic mass is 32.1. The number of aryl methyl sites for hydroxylation is 1. The van der Waals surface area contributed by atoms with Crippen LogP contribution in [0.25, 0.3) is 0 Å². The second kappa shape index (κ2) is 7.04. The number of benzene rings is 1. The van der Waals surface area contributed by atoms with Gasteiger partial charge in [0.2, 0.25) is 0 Å². The minimum atomic E-state index is 0.473. The number of piperidine rings is 1. The number of hydrogen-bond donors (Lipinski definition) is 2. The van der Waals surface area contributed by atoms with E-state index in [1.807, 2.05) is 6.07 Å². The molecule has 2 rings (SSSR count). The normalized spacial score (nSPS) is 17.1. The van der Waals surface area contributed by atoms with E-state index in [2.05, 4.69) is 36.3 Å². The predicted molar refractivity (Wildman–Crippen MR) is 90.4 cm³/mol. The second-order valence-corrected chi connectivity index (χ2v) is 6.30. The summed E-state index contributed by atoms with van der Waals surface area (Å²) in [7, 11) is 2.21. The lowest BCUT2D eigenvalue weighted by Gasteiger charge is -2.29. The Labute approximate surface area is 127 Å². The Morgan fingerprint density at radius 2 is 2.10 bits per heavy atom. The molecular formula is C16H25N3S. The van der Waals surface area contributed by atoms with Crippen molar-refractivity contribution in [3.05, 3.63) is 29.3 Å². The van der Waals surface area contributed by atoms with Crippen molar-refractivity contribution in [3.8, 4) is 0 Å². The molecule has 3 nitrogen and oxygen atoms in total. The number of hydrogen-bond acceptors (Lipinski definition) is 3. The molecule has 0 aliphatic carbocycles. The summed E-state index contributed by atoms with van der Waals surface area (Å²) in [5.74, 6) is 0.871. The Bertz CT molecular complexity index is 465. The van der Waals surface area contributed by atoms with Gasteiger partial charge < -0.3 is 16.0 Å². The Kier molecular flexibility index (Phi) is 5.38. The molecular weight excluding hydrogens is 266 g/mol. The molecule has 1 aromatic rings. The summed E-state index contributed by atoms with van der Waals surface area (Å²) < 4.78 is 0. The molecule has 0 atom stereocenters. The maximum absolute atomic E-state index is 5.68. The number of anilines is 1. The van der Waals surface area contributed by atoms with Crippen molar-refractivity contribution in [3.63, 3.8) is 0 Å². The number of thiocarbonyl (C=S) groups is 1. The first kappa shape index (κ1) is 15.3. The van der Waals surface area contributed by atoms with Gasteiger partial charge in [0.1, 0.15) is 4.99 Å². The van der Waals surface area contributed by atoms with Crippen molar-refractivity contribution in [2.45, 2.75) is 26.2 Å². The van der Waals surface area contributed by atoms with Gasteiger partial charge in [-0.2, -0.15) is 0 Å². The van der Waals surface area contributed by atoms with Crippen LogP contribution in [0.3, 0.4) is 0 Å². The van der Waals surface area contributed by atoms with Gasteiger partial charge in [-0.15, -0.1) is 0 Å². The first-order chi connectivity index (χ1) is 9.56. The van der Waals surface area contributed by atoms with Crippen LogP contribution in [0.1, 0.15) is 30.4 Å². The van der Waals surface area contributed by atoms with Gasteiger partial charge in [-0.25, -0.2) is 0 Å². The molecule has 1 aliphatic heterocycles. The quantitative estimate of drug-likeness (QED) is 0.819. The Morgan fingerprint density at radius 1 is 1.40 bits per heavy atom. The van der Waals surface area contributed by atoms with Crippen LogP contribution in [0.5, 0.6) is 0 Å². The summed E-state index contributed by atoms with van der Waals surface area (Å²) in [6, 6.07) is 6.20. The van der Waals surface area contributed by atoms with E-state index in [1.165, 1.54) is 32.4 Å². The van der Waals surface area contributed by atoms with Crippen LogP contribution in [0.2, 0.25) is 0 Å². The molecule has 0 saturated carbocycles. The molecule has 1 heterocycles. The van der Waals surface area contributed by atoms with Crippen molar-refractivity contribution in [1.82, 2.24) is 4.90 Å². The molecule has 20 heavy (non-hydrogen) atoms. The standard InChI is InChI=1S/C16H25N3S/c1-12-11-14(3-4-15(12)16(17)20)18-8-5-13-6-9-19(2)10-7-13/h3-4,11,13,18H,5-10H2,1-2H3,(H2,17,20). The summed E-state index contributed by atoms with van der Waals surface area (Å²) >= 11 is 5.03. The van der Waals surface area contributed by atoms with Gasteiger partial charge in [0, 0.05) is 17.8 Å². The number of nitrogens with one attached hydrogen (secondary N) is 1. The lowest BCUT2D eigenvalue weighted by Crippen LogP contribution is -2.30. The van der Waals surface area contributed by atoms with Crippen molar-refractivity contribution in [2.75, 3.05) is 32.0 Å². The third kappa shape index (κ3) is 4.18. The van der Waals surface area contributed by atoms with E-state index in [-0.39, 0.29) is 0 Å². The molecule has 0 spiro atoms. The first-order valence-electron chi connectivity index (χ1n) is 7.39. The minimum absolute atomic E-state index is 0.473. The van der Waals surface area contributed by atoms with E-state index in [9.17, 15) is 0 Å². The molecule has 0 amide bonds. The van der Waals surface area contributed by atoms with E-state index >= 15 is 0 Å². The fourth-order valence-electron chi connectivity index (χ4n) is 2.82. The Hall–Kier alpha value is -1.13. The molecule has 3 N–H and O–H groups in total.